The maximum absolute atomic E-state index is 10.7. The molecule has 1 aliphatic rings. The quantitative estimate of drug-likeness (QED) is 0.640. The minimum Gasteiger partial charge on any atom is -0.346 e. The van der Waals surface area contributed by atoms with Gasteiger partial charge in [0.25, 0.3) is 0 Å². The van der Waals surface area contributed by atoms with Crippen LogP contribution in [-0.4, -0.2) is 38.0 Å². The minimum absolute atomic E-state index is 0.302. The molecular formula is C11H22N2O. The van der Waals surface area contributed by atoms with Crippen molar-refractivity contribution in [2.24, 2.45) is 0 Å². The lowest BCUT2D eigenvalue weighted by Crippen LogP contribution is -2.31. The summed E-state index contributed by atoms with van der Waals surface area (Å²) in [6.07, 6.45) is 11.0. The topological polar surface area (TPSA) is 32.3 Å². The molecule has 3 heteroatoms. The molecule has 0 aromatic heterocycles. The molecule has 1 fully saturated rings. The van der Waals surface area contributed by atoms with Gasteiger partial charge in [-0.05, 0) is 26.4 Å². The number of hydrogen-bond donors (Lipinski definition) is 1. The number of carbonyl (C=O) groups excluding carboxylic acids is 1. The molecule has 0 aromatic carbocycles. The van der Waals surface area contributed by atoms with E-state index < -0.39 is 0 Å². The molecule has 0 unspecified atom stereocenters. The lowest BCUT2D eigenvalue weighted by Gasteiger charge is -2.21. The molecule has 0 radical (unpaired) electrons. The van der Waals surface area contributed by atoms with Gasteiger partial charge in [0.1, 0.15) is 0 Å². The number of amides is 1. The molecule has 0 spiro atoms. The van der Waals surface area contributed by atoms with Crippen LogP contribution in [0.25, 0.3) is 0 Å². The number of terminal acetylenes is 1. The van der Waals surface area contributed by atoms with E-state index in [-0.39, 0.29) is 0 Å². The molecule has 1 rings (SSSR count). The van der Waals surface area contributed by atoms with E-state index in [1.807, 2.05) is 14.1 Å². The van der Waals surface area contributed by atoms with Crippen LogP contribution in [0.15, 0.2) is 0 Å². The summed E-state index contributed by atoms with van der Waals surface area (Å²) in [6.45, 7) is 4.10. The Bertz CT molecular complexity index is 153. The Hall–Kier alpha value is -1.01. The van der Waals surface area contributed by atoms with E-state index in [1.165, 1.54) is 6.42 Å². The lowest BCUT2D eigenvalue weighted by atomic mass is 10.1. The second-order valence-electron chi connectivity index (χ2n) is 2.98. The predicted molar refractivity (Wildman–Crippen MR) is 61.0 cm³/mol. The van der Waals surface area contributed by atoms with E-state index in [0.717, 1.165) is 25.9 Å². The van der Waals surface area contributed by atoms with Gasteiger partial charge < -0.3 is 10.2 Å². The number of likely N-dealkylation sites (tertiary alicyclic amines) is 1. The van der Waals surface area contributed by atoms with Crippen LogP contribution < -0.4 is 5.32 Å². The second kappa shape index (κ2) is 12.0. The molecular weight excluding hydrogens is 176 g/mol. The number of piperidine rings is 1. The number of nitrogens with zero attached hydrogens (tertiary/aromatic N) is 1. The van der Waals surface area contributed by atoms with Gasteiger partial charge in [-0.2, -0.15) is 0 Å². The van der Waals surface area contributed by atoms with Gasteiger partial charge in [0.05, 0.1) is 0 Å². The number of hydrogen-bond acceptors (Lipinski definition) is 2. The van der Waals surface area contributed by atoms with Crippen molar-refractivity contribution in [2.75, 3.05) is 27.2 Å². The third kappa shape index (κ3) is 9.08. The molecule has 0 saturated carbocycles. The molecule has 0 aliphatic carbocycles. The average Bonchev–Trinajstić information content (AvgIpc) is 2.26. The number of nitrogens with one attached hydrogen (secondary N) is 1. The van der Waals surface area contributed by atoms with Crippen molar-refractivity contribution in [3.05, 3.63) is 0 Å². The van der Waals surface area contributed by atoms with Gasteiger partial charge in [0.2, 0.25) is 5.91 Å². The van der Waals surface area contributed by atoms with Crippen molar-refractivity contribution in [3.8, 4) is 12.8 Å². The summed E-state index contributed by atoms with van der Waals surface area (Å²) in [7, 11) is 3.79. The Morgan fingerprint density at radius 2 is 1.93 bits per heavy atom. The third-order valence-corrected chi connectivity index (χ3v) is 1.91. The molecule has 0 aromatic rings. The third-order valence-electron chi connectivity index (χ3n) is 1.91. The van der Waals surface area contributed by atoms with Crippen molar-refractivity contribution in [2.45, 2.75) is 26.2 Å². The molecule has 82 valence electrons. The highest BCUT2D eigenvalue weighted by Gasteiger charge is 2.12. The summed E-state index contributed by atoms with van der Waals surface area (Å²) in [6, 6.07) is 0. The zero-order valence-electron chi connectivity index (χ0n) is 9.55. The van der Waals surface area contributed by atoms with Gasteiger partial charge in [0.15, 0.2) is 0 Å². The van der Waals surface area contributed by atoms with Crippen LogP contribution in [0.2, 0.25) is 0 Å². The molecule has 0 bridgehead atoms. The van der Waals surface area contributed by atoms with E-state index in [0.29, 0.717) is 5.91 Å². The Morgan fingerprint density at radius 1 is 1.43 bits per heavy atom. The van der Waals surface area contributed by atoms with Crippen LogP contribution in [0.3, 0.4) is 0 Å². The first-order valence-electron chi connectivity index (χ1n) is 4.94. The standard InChI is InChI=1S/C6H11NO.C3H9N.C2H2/c1-7-5-3-2-4-6(7)8;1-3-4-2;1-2/h2-5H2,1H3;4H,3H2,1-2H3;1-2H. The molecule has 1 heterocycles. The first-order chi connectivity index (χ1) is 6.72. The van der Waals surface area contributed by atoms with Crippen LogP contribution in [0, 0.1) is 12.8 Å². The fourth-order valence-electron chi connectivity index (χ4n) is 0.941. The van der Waals surface area contributed by atoms with Crippen molar-refractivity contribution < 1.29 is 4.79 Å². The van der Waals surface area contributed by atoms with Gasteiger partial charge in [-0.3, -0.25) is 4.79 Å². The highest BCUT2D eigenvalue weighted by atomic mass is 16.2. The van der Waals surface area contributed by atoms with Gasteiger partial charge >= 0.3 is 0 Å². The summed E-state index contributed by atoms with van der Waals surface area (Å²) in [5, 5.41) is 2.93. The van der Waals surface area contributed by atoms with E-state index in [2.05, 4.69) is 25.1 Å². The summed E-state index contributed by atoms with van der Waals surface area (Å²) in [5.41, 5.74) is 0. The molecule has 1 N–H and O–H groups in total. The first kappa shape index (κ1) is 15.5. The summed E-state index contributed by atoms with van der Waals surface area (Å²) in [4.78, 5) is 12.5. The maximum atomic E-state index is 10.7. The Morgan fingerprint density at radius 3 is 2.14 bits per heavy atom. The largest absolute Gasteiger partial charge is 0.346 e. The minimum atomic E-state index is 0.302. The highest BCUT2D eigenvalue weighted by Crippen LogP contribution is 2.06. The monoisotopic (exact) mass is 198 g/mol. The second-order valence-corrected chi connectivity index (χ2v) is 2.98. The van der Waals surface area contributed by atoms with Crippen molar-refractivity contribution in [3.63, 3.8) is 0 Å². The molecule has 1 saturated heterocycles. The van der Waals surface area contributed by atoms with Crippen LogP contribution in [0.1, 0.15) is 26.2 Å². The van der Waals surface area contributed by atoms with Gasteiger partial charge in [-0.15, -0.1) is 12.8 Å². The Balaban J connectivity index is 0. The number of carbonyl (C=O) groups is 1. The van der Waals surface area contributed by atoms with Crippen molar-refractivity contribution >= 4 is 5.91 Å². The van der Waals surface area contributed by atoms with Crippen molar-refractivity contribution in [1.29, 1.82) is 0 Å². The summed E-state index contributed by atoms with van der Waals surface area (Å²) in [5.74, 6) is 0.302. The zero-order valence-corrected chi connectivity index (χ0v) is 9.55. The average molecular weight is 198 g/mol. The zero-order chi connectivity index (χ0) is 11.4. The lowest BCUT2D eigenvalue weighted by molar-refractivity contribution is -0.131. The van der Waals surface area contributed by atoms with Gasteiger partial charge in [-0.1, -0.05) is 6.92 Å². The van der Waals surface area contributed by atoms with E-state index in [1.54, 1.807) is 4.90 Å². The fraction of sp³-hybridized carbons (Fsp3) is 0.727. The fourth-order valence-corrected chi connectivity index (χ4v) is 0.941. The summed E-state index contributed by atoms with van der Waals surface area (Å²) >= 11 is 0. The van der Waals surface area contributed by atoms with E-state index in [4.69, 9.17) is 0 Å². The van der Waals surface area contributed by atoms with E-state index in [9.17, 15) is 4.79 Å². The maximum Gasteiger partial charge on any atom is 0.222 e. The molecule has 1 amide bonds. The molecule has 3 nitrogen and oxygen atoms in total. The smallest absolute Gasteiger partial charge is 0.222 e. The molecule has 0 atom stereocenters. The Labute approximate surface area is 87.9 Å². The highest BCUT2D eigenvalue weighted by molar-refractivity contribution is 5.76. The Kier molecular flexibility index (Phi) is 13.2. The molecule has 14 heavy (non-hydrogen) atoms. The van der Waals surface area contributed by atoms with Crippen molar-refractivity contribution in [1.82, 2.24) is 10.2 Å². The van der Waals surface area contributed by atoms with Gasteiger partial charge in [0, 0.05) is 20.0 Å². The predicted octanol–water partition coefficient (Wildman–Crippen LogP) is 1.10. The van der Waals surface area contributed by atoms with Gasteiger partial charge in [-0.25, -0.2) is 0 Å². The summed E-state index contributed by atoms with van der Waals surface area (Å²) < 4.78 is 0. The molecule has 1 aliphatic heterocycles. The normalized spacial score (nSPS) is 14.6. The van der Waals surface area contributed by atoms with Crippen LogP contribution in [0.4, 0.5) is 0 Å². The number of rotatable bonds is 1. The first-order valence-corrected chi connectivity index (χ1v) is 4.94. The SMILES string of the molecule is C#C.CCNC.CN1CCCCC1=O. The van der Waals surface area contributed by atoms with E-state index >= 15 is 0 Å². The van der Waals surface area contributed by atoms with Crippen LogP contribution in [-0.2, 0) is 4.79 Å². The van der Waals surface area contributed by atoms with Crippen LogP contribution >= 0.6 is 0 Å². The van der Waals surface area contributed by atoms with Crippen LogP contribution in [0.5, 0.6) is 0 Å².